The third-order valence-electron chi connectivity index (χ3n) is 8.87. The lowest BCUT2D eigenvalue weighted by atomic mass is 9.82. The molecule has 16 nitrogen and oxygen atoms in total. The number of carbonyl (C=O) groups is 6. The summed E-state index contributed by atoms with van der Waals surface area (Å²) in [6.07, 6.45) is 1.02. The molecule has 4 atom stereocenters. The number of thioether (sulfide) groups is 1. The second-order valence-corrected chi connectivity index (χ2v) is 15.8. The van der Waals surface area contributed by atoms with Gasteiger partial charge in [-0.1, -0.05) is 51.1 Å². The molecule has 0 radical (unpaired) electrons. The van der Waals surface area contributed by atoms with Gasteiger partial charge in [0.1, 0.15) is 24.3 Å². The maximum atomic E-state index is 15.0. The molecule has 4 amide bonds. The molecule has 19 heteroatoms. The van der Waals surface area contributed by atoms with Crippen LogP contribution >= 0.6 is 11.8 Å². The molecule has 316 valence electrons. The van der Waals surface area contributed by atoms with Crippen LogP contribution in [0.5, 0.6) is 0 Å². The number of carboxylic acids is 2. The van der Waals surface area contributed by atoms with E-state index in [2.05, 4.69) is 16.0 Å². The Balaban J connectivity index is 1.67. The fraction of sp³-hybridized carbons (Fsp3) is 0.436. The van der Waals surface area contributed by atoms with E-state index in [0.717, 1.165) is 35.5 Å². The van der Waals surface area contributed by atoms with Gasteiger partial charge >= 0.3 is 11.9 Å². The van der Waals surface area contributed by atoms with Crippen molar-refractivity contribution >= 4 is 47.3 Å². The van der Waals surface area contributed by atoms with Gasteiger partial charge in [-0.25, -0.2) is 8.78 Å². The van der Waals surface area contributed by atoms with Gasteiger partial charge in [0.25, 0.3) is 0 Å². The minimum Gasteiger partial charge on any atom is -0.481 e. The molecule has 3 aromatic rings. The van der Waals surface area contributed by atoms with Crippen molar-refractivity contribution in [2.45, 2.75) is 63.5 Å². The van der Waals surface area contributed by atoms with Crippen LogP contribution in [0.4, 0.5) is 8.78 Å². The number of aliphatic hydroxyl groups is 1. The Morgan fingerprint density at radius 1 is 0.897 bits per heavy atom. The summed E-state index contributed by atoms with van der Waals surface area (Å²) in [6.45, 7) is 4.40. The first kappa shape index (κ1) is 47.0. The van der Waals surface area contributed by atoms with Crippen molar-refractivity contribution in [1.29, 1.82) is 0 Å². The lowest BCUT2D eigenvalue weighted by Gasteiger charge is -2.41. The van der Waals surface area contributed by atoms with E-state index in [4.69, 9.17) is 21.7 Å². The normalized spacial score (nSPS) is 13.4. The first-order chi connectivity index (χ1) is 27.3. The number of carbonyl (C=O) groups excluding carboxylic acids is 4. The van der Waals surface area contributed by atoms with Gasteiger partial charge in [-0.2, -0.15) is 0 Å². The summed E-state index contributed by atoms with van der Waals surface area (Å²) in [5, 5.41) is 34.3. The summed E-state index contributed by atoms with van der Waals surface area (Å²) in [6, 6.07) is 11.0. The van der Waals surface area contributed by atoms with Crippen LogP contribution in [0.2, 0.25) is 0 Å². The van der Waals surface area contributed by atoms with Crippen LogP contribution in [0.1, 0.15) is 50.9 Å². The summed E-state index contributed by atoms with van der Waals surface area (Å²) in [5.74, 6) is -6.82. The SMILES string of the molecule is CC(C)(C)[C@H](c1cc(-c2cc(F)ccc2F)cn1Cc1ccccc1)N(CC[C@H](N)C(=O)NCCNC(=O)CNC(=O)C(CC(=O)O)SC[C@H](N)C(=O)O)C(=O)CO. The first-order valence-corrected chi connectivity index (χ1v) is 19.4. The molecule has 0 saturated carbocycles. The van der Waals surface area contributed by atoms with E-state index in [1.54, 1.807) is 12.3 Å². The fourth-order valence-electron chi connectivity index (χ4n) is 6.05. The quantitative estimate of drug-likeness (QED) is 0.0670. The van der Waals surface area contributed by atoms with E-state index in [0.29, 0.717) is 17.8 Å². The largest absolute Gasteiger partial charge is 0.481 e. The van der Waals surface area contributed by atoms with E-state index in [-0.39, 0.29) is 37.4 Å². The Morgan fingerprint density at radius 2 is 1.57 bits per heavy atom. The van der Waals surface area contributed by atoms with Crippen molar-refractivity contribution in [3.05, 3.63) is 83.7 Å². The highest BCUT2D eigenvalue weighted by Gasteiger charge is 2.37. The molecule has 0 aliphatic heterocycles. The molecule has 0 aliphatic carbocycles. The molecule has 1 aromatic heterocycles. The highest BCUT2D eigenvalue weighted by Crippen LogP contribution is 2.41. The number of aliphatic carboxylic acids is 2. The van der Waals surface area contributed by atoms with E-state index in [1.165, 1.54) is 4.90 Å². The van der Waals surface area contributed by atoms with Crippen LogP contribution in [0.25, 0.3) is 11.1 Å². The van der Waals surface area contributed by atoms with E-state index in [9.17, 15) is 38.3 Å². The van der Waals surface area contributed by atoms with Gasteiger partial charge in [0, 0.05) is 54.9 Å². The maximum absolute atomic E-state index is 15.0. The number of amides is 4. The molecule has 0 aliphatic rings. The molecular formula is C39H51F2N7O9S. The summed E-state index contributed by atoms with van der Waals surface area (Å²) >= 11 is 0.736. The van der Waals surface area contributed by atoms with E-state index >= 15 is 4.39 Å². The number of nitrogens with zero attached hydrogens (tertiary/aromatic N) is 2. The minimum absolute atomic E-state index is 0.0273. The number of carboxylic acid groups (broad SMARTS) is 2. The van der Waals surface area contributed by atoms with Crippen molar-refractivity contribution in [1.82, 2.24) is 25.4 Å². The number of halogens is 2. The number of benzene rings is 2. The minimum atomic E-state index is -1.32. The molecule has 1 heterocycles. The Bertz CT molecular complexity index is 1910. The highest BCUT2D eigenvalue weighted by molar-refractivity contribution is 8.00. The predicted octanol–water partition coefficient (Wildman–Crippen LogP) is 1.44. The zero-order valence-corrected chi connectivity index (χ0v) is 33.3. The number of aliphatic hydroxyl groups excluding tert-OH is 1. The van der Waals surface area contributed by atoms with Crippen LogP contribution in [0.15, 0.2) is 60.8 Å². The number of nitrogens with one attached hydrogen (secondary N) is 3. The zero-order chi connectivity index (χ0) is 43.2. The van der Waals surface area contributed by atoms with Crippen LogP contribution in [-0.4, -0.2) is 116 Å². The maximum Gasteiger partial charge on any atom is 0.321 e. The zero-order valence-electron chi connectivity index (χ0n) is 32.5. The van der Waals surface area contributed by atoms with Crippen LogP contribution in [0.3, 0.4) is 0 Å². The molecule has 3 rings (SSSR count). The summed E-state index contributed by atoms with van der Waals surface area (Å²) < 4.78 is 31.2. The van der Waals surface area contributed by atoms with Gasteiger partial charge in [0.05, 0.1) is 30.3 Å². The van der Waals surface area contributed by atoms with Crippen LogP contribution in [-0.2, 0) is 35.3 Å². The van der Waals surface area contributed by atoms with Crippen molar-refractivity contribution in [2.24, 2.45) is 16.9 Å². The van der Waals surface area contributed by atoms with Crippen LogP contribution < -0.4 is 27.4 Å². The predicted molar refractivity (Wildman–Crippen MR) is 212 cm³/mol. The van der Waals surface area contributed by atoms with Gasteiger partial charge < -0.3 is 52.2 Å². The van der Waals surface area contributed by atoms with E-state index in [1.807, 2.05) is 55.7 Å². The fourth-order valence-corrected chi connectivity index (χ4v) is 7.13. The van der Waals surface area contributed by atoms with Crippen LogP contribution in [0, 0.1) is 17.0 Å². The summed E-state index contributed by atoms with van der Waals surface area (Å²) in [4.78, 5) is 74.7. The smallest absolute Gasteiger partial charge is 0.321 e. The standard InChI is InChI=1S/C39H51F2N7O9S/c1-39(2,3)35(30-15-24(26-16-25(40)9-10-27(26)41)20-47(30)19-23-7-5-4-6-8-23)48(33(51)21-49)14-11-28(42)36(54)45-13-12-44-32(50)18-46-37(55)31(17-34(52)53)58-22-29(43)38(56)57/h4-10,15-16,20,28-29,31,35,49H,11-14,17-19,21-22,42-43H2,1-3H3,(H,44,50)(H,45,54)(H,46,55)(H,52,53)(H,56,57)/t28-,29-,31?,35-/m0/s1. The molecule has 10 N–H and O–H groups in total. The van der Waals surface area contributed by atoms with Gasteiger partial charge in [0.2, 0.25) is 23.6 Å². The van der Waals surface area contributed by atoms with Gasteiger partial charge in [-0.3, -0.25) is 28.8 Å². The molecule has 1 unspecified atom stereocenters. The first-order valence-electron chi connectivity index (χ1n) is 18.3. The van der Waals surface area contributed by atoms with Crippen molar-refractivity contribution in [3.8, 4) is 11.1 Å². The second-order valence-electron chi connectivity index (χ2n) is 14.5. The van der Waals surface area contributed by atoms with Gasteiger partial charge in [-0.15, -0.1) is 11.8 Å². The lowest BCUT2D eigenvalue weighted by Crippen LogP contribution is -2.48. The monoisotopic (exact) mass is 831 g/mol. The summed E-state index contributed by atoms with van der Waals surface area (Å²) in [5.41, 5.74) is 12.8. The Labute approximate surface area is 338 Å². The number of aromatic nitrogens is 1. The molecular weight excluding hydrogens is 781 g/mol. The molecule has 58 heavy (non-hydrogen) atoms. The lowest BCUT2D eigenvalue weighted by molar-refractivity contribution is -0.140. The molecule has 0 saturated heterocycles. The average molecular weight is 832 g/mol. The third kappa shape index (κ3) is 14.2. The number of nitrogens with two attached hydrogens (primary N) is 2. The summed E-state index contributed by atoms with van der Waals surface area (Å²) in [7, 11) is 0. The topological polar surface area (TPSA) is 259 Å². The Hall–Kier alpha value is -5.37. The number of rotatable bonds is 22. The number of hydrogen-bond donors (Lipinski definition) is 8. The van der Waals surface area contributed by atoms with Gasteiger partial charge in [0.15, 0.2) is 0 Å². The average Bonchev–Trinajstić information content (AvgIpc) is 3.57. The molecule has 0 bridgehead atoms. The van der Waals surface area contributed by atoms with E-state index < -0.39 is 95.6 Å². The van der Waals surface area contributed by atoms with Gasteiger partial charge in [-0.05, 0) is 41.7 Å². The number of hydrogen-bond acceptors (Lipinski definition) is 10. The van der Waals surface area contributed by atoms with Crippen molar-refractivity contribution in [2.75, 3.05) is 38.5 Å². The molecule has 0 fully saturated rings. The molecule has 0 spiro atoms. The Morgan fingerprint density at radius 3 is 2.19 bits per heavy atom. The highest BCUT2D eigenvalue weighted by atomic mass is 32.2. The second kappa shape index (κ2) is 22.0. The van der Waals surface area contributed by atoms with Crippen molar-refractivity contribution < 1.29 is 52.9 Å². The Kier molecular flexibility index (Phi) is 17.8. The third-order valence-corrected chi connectivity index (χ3v) is 10.2. The molecule has 2 aromatic carbocycles. The van der Waals surface area contributed by atoms with Crippen molar-refractivity contribution in [3.63, 3.8) is 0 Å².